The molecule has 0 spiro atoms. The maximum absolute atomic E-state index is 13.5. The molecule has 0 bridgehead atoms. The summed E-state index contributed by atoms with van der Waals surface area (Å²) in [4.78, 5) is 29.6. The molecule has 0 aliphatic carbocycles. The largest absolute Gasteiger partial charge is 0.497 e. The Morgan fingerprint density at radius 3 is 2.45 bits per heavy atom. The second-order valence-electron chi connectivity index (χ2n) is 8.93. The lowest BCUT2D eigenvalue weighted by molar-refractivity contribution is -0.118. The van der Waals surface area contributed by atoms with Crippen LogP contribution in [0.3, 0.4) is 0 Å². The fourth-order valence-corrected chi connectivity index (χ4v) is 3.89. The van der Waals surface area contributed by atoms with E-state index in [2.05, 4.69) is 5.32 Å². The fourth-order valence-electron chi connectivity index (χ4n) is 3.89. The zero-order chi connectivity index (χ0) is 24.0. The van der Waals surface area contributed by atoms with Crippen LogP contribution in [-0.2, 0) is 16.1 Å². The Balaban J connectivity index is 1.91. The Morgan fingerprint density at radius 2 is 1.88 bits per heavy atom. The first-order chi connectivity index (χ1) is 15.8. The molecule has 3 rings (SSSR count). The Hall–Kier alpha value is -3.06. The number of carbonyl (C=O) groups excluding carboxylic acids is 2. The summed E-state index contributed by atoms with van der Waals surface area (Å²) in [5.74, 6) is 0.494. The molecule has 0 radical (unpaired) electrons. The molecular weight excluding hydrogens is 418 g/mol. The van der Waals surface area contributed by atoms with Crippen molar-refractivity contribution in [3.05, 3.63) is 53.6 Å². The second kappa shape index (κ2) is 11.2. The van der Waals surface area contributed by atoms with Gasteiger partial charge in [-0.2, -0.15) is 0 Å². The summed E-state index contributed by atoms with van der Waals surface area (Å²) in [5, 5.41) is 2.97. The average Bonchev–Trinajstić information content (AvgIpc) is 3.31. The summed E-state index contributed by atoms with van der Waals surface area (Å²) in [6, 6.07) is 13.0. The molecule has 2 amide bonds. The number of nitrogens with zero attached hydrogens (tertiary/aromatic N) is 2. The fraction of sp³-hybridized carbons (Fsp3) is 0.462. The minimum atomic E-state index is -0.116. The molecule has 1 fully saturated rings. The molecule has 1 heterocycles. The SMILES string of the molecule is COc1ccc(C(=O)N(Cc2cc(NC(=O)C(C)C)ccc2N(C)C)C[C@@H]2CCCO2)cc1. The summed E-state index contributed by atoms with van der Waals surface area (Å²) < 4.78 is 11.1. The molecule has 2 aromatic rings. The van der Waals surface area contributed by atoms with Gasteiger partial charge in [-0.1, -0.05) is 13.8 Å². The molecule has 0 saturated carbocycles. The number of carbonyl (C=O) groups is 2. The van der Waals surface area contributed by atoms with Gasteiger partial charge in [-0.3, -0.25) is 9.59 Å². The van der Waals surface area contributed by atoms with E-state index in [1.807, 2.05) is 55.9 Å². The van der Waals surface area contributed by atoms with Crippen LogP contribution in [0.15, 0.2) is 42.5 Å². The van der Waals surface area contributed by atoms with Gasteiger partial charge in [0.25, 0.3) is 5.91 Å². The summed E-state index contributed by atoms with van der Waals surface area (Å²) in [6.45, 7) is 5.38. The quantitative estimate of drug-likeness (QED) is 0.617. The Kier molecular flexibility index (Phi) is 8.33. The van der Waals surface area contributed by atoms with Crippen LogP contribution in [0, 0.1) is 5.92 Å². The van der Waals surface area contributed by atoms with Gasteiger partial charge in [0.05, 0.1) is 13.2 Å². The van der Waals surface area contributed by atoms with Gasteiger partial charge in [0.1, 0.15) is 5.75 Å². The third-order valence-electron chi connectivity index (χ3n) is 5.79. The highest BCUT2D eigenvalue weighted by molar-refractivity contribution is 5.95. The predicted octanol–water partition coefficient (Wildman–Crippen LogP) is 4.18. The zero-order valence-electron chi connectivity index (χ0n) is 20.3. The lowest BCUT2D eigenvalue weighted by atomic mass is 10.1. The highest BCUT2D eigenvalue weighted by Crippen LogP contribution is 2.27. The van der Waals surface area contributed by atoms with E-state index in [1.165, 1.54) is 0 Å². The van der Waals surface area contributed by atoms with Crippen LogP contribution in [0.2, 0.25) is 0 Å². The summed E-state index contributed by atoms with van der Waals surface area (Å²) in [7, 11) is 5.55. The van der Waals surface area contributed by atoms with Crippen molar-refractivity contribution >= 4 is 23.2 Å². The van der Waals surface area contributed by atoms with Crippen molar-refractivity contribution in [2.75, 3.05) is 44.6 Å². The van der Waals surface area contributed by atoms with Crippen molar-refractivity contribution in [2.45, 2.75) is 39.3 Å². The maximum Gasteiger partial charge on any atom is 0.254 e. The third kappa shape index (κ3) is 6.48. The van der Waals surface area contributed by atoms with E-state index in [0.29, 0.717) is 24.4 Å². The van der Waals surface area contributed by atoms with Crippen LogP contribution in [-0.4, -0.2) is 57.2 Å². The van der Waals surface area contributed by atoms with E-state index < -0.39 is 0 Å². The highest BCUT2D eigenvalue weighted by atomic mass is 16.5. The average molecular weight is 454 g/mol. The van der Waals surface area contributed by atoms with E-state index in [-0.39, 0.29) is 23.8 Å². The van der Waals surface area contributed by atoms with Crippen LogP contribution in [0.4, 0.5) is 11.4 Å². The van der Waals surface area contributed by atoms with Gasteiger partial charge in [-0.15, -0.1) is 0 Å². The first-order valence-electron chi connectivity index (χ1n) is 11.4. The van der Waals surface area contributed by atoms with Gasteiger partial charge in [0, 0.05) is 56.6 Å². The number of nitrogens with one attached hydrogen (secondary N) is 1. The second-order valence-corrected chi connectivity index (χ2v) is 8.93. The number of amides is 2. The first kappa shape index (κ1) is 24.6. The molecule has 2 aromatic carbocycles. The molecule has 1 N–H and O–H groups in total. The van der Waals surface area contributed by atoms with E-state index in [0.717, 1.165) is 36.4 Å². The van der Waals surface area contributed by atoms with Crippen molar-refractivity contribution < 1.29 is 19.1 Å². The van der Waals surface area contributed by atoms with Crippen molar-refractivity contribution in [1.82, 2.24) is 4.90 Å². The lowest BCUT2D eigenvalue weighted by Gasteiger charge is -2.28. The summed E-state index contributed by atoms with van der Waals surface area (Å²) in [5.41, 5.74) is 3.28. The van der Waals surface area contributed by atoms with Crippen LogP contribution < -0.4 is 15.0 Å². The Morgan fingerprint density at radius 1 is 1.15 bits per heavy atom. The van der Waals surface area contributed by atoms with Crippen LogP contribution in [0.5, 0.6) is 5.75 Å². The standard InChI is InChI=1S/C26H35N3O4/c1-18(2)25(30)27-21-10-13-24(28(3)4)20(15-21)16-29(17-23-7-6-14-33-23)26(31)19-8-11-22(32-5)12-9-19/h8-13,15,18,23H,6-7,14,16-17H2,1-5H3,(H,27,30)/t23-/m0/s1. The molecule has 0 aromatic heterocycles. The van der Waals surface area contributed by atoms with Crippen LogP contribution >= 0.6 is 0 Å². The normalized spacial score (nSPS) is 15.4. The number of hydrogen-bond acceptors (Lipinski definition) is 5. The third-order valence-corrected chi connectivity index (χ3v) is 5.79. The summed E-state index contributed by atoms with van der Waals surface area (Å²) in [6.07, 6.45) is 1.98. The lowest BCUT2D eigenvalue weighted by Crippen LogP contribution is -2.37. The van der Waals surface area contributed by atoms with E-state index >= 15 is 0 Å². The van der Waals surface area contributed by atoms with Gasteiger partial charge in [-0.25, -0.2) is 0 Å². The predicted molar refractivity (Wildman–Crippen MR) is 131 cm³/mol. The monoisotopic (exact) mass is 453 g/mol. The van der Waals surface area contributed by atoms with E-state index in [1.54, 1.807) is 31.4 Å². The molecule has 1 aliphatic heterocycles. The summed E-state index contributed by atoms with van der Waals surface area (Å²) >= 11 is 0. The molecule has 7 heteroatoms. The van der Waals surface area contributed by atoms with Crippen molar-refractivity contribution in [3.8, 4) is 5.75 Å². The molecule has 1 saturated heterocycles. The minimum Gasteiger partial charge on any atom is -0.497 e. The first-order valence-corrected chi connectivity index (χ1v) is 11.4. The Bertz CT molecular complexity index is 951. The molecule has 1 aliphatic rings. The molecule has 178 valence electrons. The number of benzene rings is 2. The van der Waals surface area contributed by atoms with Gasteiger partial charge in [0.2, 0.25) is 5.91 Å². The van der Waals surface area contributed by atoms with Gasteiger partial charge in [-0.05, 0) is 60.9 Å². The molecule has 7 nitrogen and oxygen atoms in total. The number of rotatable bonds is 9. The number of hydrogen-bond donors (Lipinski definition) is 1. The zero-order valence-corrected chi connectivity index (χ0v) is 20.3. The molecule has 0 unspecified atom stereocenters. The maximum atomic E-state index is 13.5. The number of anilines is 2. The Labute approximate surface area is 196 Å². The van der Waals surface area contributed by atoms with Crippen molar-refractivity contribution in [2.24, 2.45) is 5.92 Å². The van der Waals surface area contributed by atoms with Crippen molar-refractivity contribution in [3.63, 3.8) is 0 Å². The topological polar surface area (TPSA) is 71.1 Å². The van der Waals surface area contributed by atoms with Gasteiger partial charge in [0.15, 0.2) is 0 Å². The molecule has 1 atom stereocenters. The number of methoxy groups -OCH3 is 1. The molecule has 33 heavy (non-hydrogen) atoms. The van der Waals surface area contributed by atoms with E-state index in [4.69, 9.17) is 9.47 Å². The number of ether oxygens (including phenoxy) is 2. The smallest absolute Gasteiger partial charge is 0.254 e. The van der Waals surface area contributed by atoms with E-state index in [9.17, 15) is 9.59 Å². The van der Waals surface area contributed by atoms with Crippen LogP contribution in [0.1, 0.15) is 42.6 Å². The molecular formula is C26H35N3O4. The van der Waals surface area contributed by atoms with Gasteiger partial charge < -0.3 is 24.6 Å². The van der Waals surface area contributed by atoms with Crippen LogP contribution in [0.25, 0.3) is 0 Å². The van der Waals surface area contributed by atoms with Gasteiger partial charge >= 0.3 is 0 Å². The minimum absolute atomic E-state index is 0.0267. The highest BCUT2D eigenvalue weighted by Gasteiger charge is 2.25. The van der Waals surface area contributed by atoms with Crippen molar-refractivity contribution in [1.29, 1.82) is 0 Å².